The molecule has 0 bridgehead atoms. The van der Waals surface area contributed by atoms with Crippen molar-refractivity contribution in [1.82, 2.24) is 13.9 Å². The Morgan fingerprint density at radius 1 is 1.24 bits per heavy atom. The van der Waals surface area contributed by atoms with Gasteiger partial charge >= 0.3 is 0 Å². The first-order chi connectivity index (χ1) is 15.8. The van der Waals surface area contributed by atoms with E-state index in [2.05, 4.69) is 41.4 Å². The molecule has 0 spiro atoms. The molecule has 33 heavy (non-hydrogen) atoms. The summed E-state index contributed by atoms with van der Waals surface area (Å²) in [6.45, 7) is 9.32. The summed E-state index contributed by atoms with van der Waals surface area (Å²) in [5, 5.41) is 5.44. The number of nitrogens with one attached hydrogen (secondary N) is 1. The standard InChI is InChI=1S/C24H28N4O3S2/c1-4-12-28-17(2)15-21(18(28)3)22-16-32-24(25-22)26-23(29)19-10-13-27(14-11-19)33(30,31)20-8-6-5-7-9-20/h4-9,15-16,19H,1,10-14H2,2-3H3,(H,25,26,29). The maximum atomic E-state index is 12.8. The quantitative estimate of drug-likeness (QED) is 0.502. The first-order valence-corrected chi connectivity index (χ1v) is 13.2. The summed E-state index contributed by atoms with van der Waals surface area (Å²) in [5.74, 6) is -0.345. The maximum Gasteiger partial charge on any atom is 0.243 e. The summed E-state index contributed by atoms with van der Waals surface area (Å²) >= 11 is 1.40. The molecule has 2 aromatic heterocycles. The van der Waals surface area contributed by atoms with Crippen molar-refractivity contribution >= 4 is 32.4 Å². The molecule has 1 aliphatic heterocycles. The van der Waals surface area contributed by atoms with Crippen LogP contribution in [0.4, 0.5) is 5.13 Å². The summed E-state index contributed by atoms with van der Waals surface area (Å²) in [4.78, 5) is 17.7. The number of anilines is 1. The van der Waals surface area contributed by atoms with Crippen LogP contribution in [0.2, 0.25) is 0 Å². The number of benzene rings is 1. The van der Waals surface area contributed by atoms with Gasteiger partial charge in [0.05, 0.1) is 10.6 Å². The number of amides is 1. The lowest BCUT2D eigenvalue weighted by atomic mass is 9.97. The van der Waals surface area contributed by atoms with Crippen molar-refractivity contribution < 1.29 is 13.2 Å². The smallest absolute Gasteiger partial charge is 0.243 e. The van der Waals surface area contributed by atoms with E-state index in [-0.39, 0.29) is 16.7 Å². The van der Waals surface area contributed by atoms with E-state index in [4.69, 9.17) is 0 Å². The molecule has 0 atom stereocenters. The Morgan fingerprint density at radius 3 is 2.61 bits per heavy atom. The Kier molecular flexibility index (Phi) is 6.83. The van der Waals surface area contributed by atoms with E-state index >= 15 is 0 Å². The van der Waals surface area contributed by atoms with Crippen LogP contribution in [0.1, 0.15) is 24.2 Å². The second-order valence-electron chi connectivity index (χ2n) is 8.20. The first-order valence-electron chi connectivity index (χ1n) is 10.9. The molecule has 7 nitrogen and oxygen atoms in total. The minimum atomic E-state index is -3.52. The molecular formula is C24H28N4O3S2. The number of hydrogen-bond donors (Lipinski definition) is 1. The van der Waals surface area contributed by atoms with E-state index < -0.39 is 10.0 Å². The number of aryl methyl sites for hydroxylation is 1. The number of carbonyl (C=O) groups is 1. The van der Waals surface area contributed by atoms with E-state index in [0.717, 1.165) is 29.2 Å². The molecule has 1 amide bonds. The molecule has 1 aromatic carbocycles. The van der Waals surface area contributed by atoms with Crippen LogP contribution in [0.15, 0.2) is 59.3 Å². The fourth-order valence-electron chi connectivity index (χ4n) is 4.23. The van der Waals surface area contributed by atoms with Gasteiger partial charge in [0, 0.05) is 47.9 Å². The molecule has 3 heterocycles. The largest absolute Gasteiger partial charge is 0.345 e. The number of hydrogen-bond acceptors (Lipinski definition) is 5. The molecule has 0 saturated carbocycles. The maximum absolute atomic E-state index is 12.8. The number of piperidine rings is 1. The number of nitrogens with zero attached hydrogens (tertiary/aromatic N) is 3. The summed E-state index contributed by atoms with van der Waals surface area (Å²) in [7, 11) is -3.52. The van der Waals surface area contributed by atoms with Gasteiger partial charge in [-0.1, -0.05) is 24.3 Å². The van der Waals surface area contributed by atoms with Gasteiger partial charge in [-0.2, -0.15) is 4.31 Å². The van der Waals surface area contributed by atoms with Gasteiger partial charge in [0.1, 0.15) is 0 Å². The highest BCUT2D eigenvalue weighted by molar-refractivity contribution is 7.89. The minimum Gasteiger partial charge on any atom is -0.345 e. The second kappa shape index (κ2) is 9.62. The van der Waals surface area contributed by atoms with Crippen molar-refractivity contribution in [1.29, 1.82) is 0 Å². The second-order valence-corrected chi connectivity index (χ2v) is 11.0. The predicted octanol–water partition coefficient (Wildman–Crippen LogP) is 4.45. The molecule has 1 aliphatic rings. The normalized spacial score (nSPS) is 15.5. The molecule has 1 N–H and O–H groups in total. The Hall–Kier alpha value is -2.75. The average molecular weight is 485 g/mol. The van der Waals surface area contributed by atoms with E-state index in [9.17, 15) is 13.2 Å². The van der Waals surface area contributed by atoms with Gasteiger partial charge < -0.3 is 9.88 Å². The van der Waals surface area contributed by atoms with Crippen LogP contribution in [-0.4, -0.2) is 41.3 Å². The highest BCUT2D eigenvalue weighted by atomic mass is 32.2. The molecule has 1 saturated heterocycles. The fraction of sp³-hybridized carbons (Fsp3) is 0.333. The molecule has 174 valence electrons. The van der Waals surface area contributed by atoms with Crippen molar-refractivity contribution in [3.8, 4) is 11.3 Å². The number of aromatic nitrogens is 2. The van der Waals surface area contributed by atoms with Crippen LogP contribution in [0, 0.1) is 19.8 Å². The van der Waals surface area contributed by atoms with Crippen molar-refractivity contribution in [2.75, 3.05) is 18.4 Å². The Balaban J connectivity index is 1.38. The lowest BCUT2D eigenvalue weighted by Crippen LogP contribution is -2.41. The number of rotatable bonds is 7. The van der Waals surface area contributed by atoms with Gasteiger partial charge in [0.15, 0.2) is 5.13 Å². The van der Waals surface area contributed by atoms with Crippen LogP contribution in [-0.2, 0) is 21.4 Å². The Morgan fingerprint density at radius 2 is 1.94 bits per heavy atom. The zero-order chi connectivity index (χ0) is 23.6. The third-order valence-corrected chi connectivity index (χ3v) is 8.77. The number of thiazole rings is 1. The zero-order valence-corrected chi connectivity index (χ0v) is 20.5. The number of sulfonamides is 1. The highest BCUT2D eigenvalue weighted by Gasteiger charge is 2.32. The Bertz CT molecular complexity index is 1250. The van der Waals surface area contributed by atoms with Crippen LogP contribution in [0.3, 0.4) is 0 Å². The Labute approximate surface area is 198 Å². The molecule has 3 aromatic rings. The molecule has 4 rings (SSSR count). The monoisotopic (exact) mass is 484 g/mol. The number of allylic oxidation sites excluding steroid dienone is 1. The molecule has 0 unspecified atom stereocenters. The molecule has 0 aliphatic carbocycles. The topological polar surface area (TPSA) is 84.3 Å². The van der Waals surface area contributed by atoms with Crippen LogP contribution in [0.25, 0.3) is 11.3 Å². The van der Waals surface area contributed by atoms with E-state index in [1.165, 1.54) is 15.6 Å². The van der Waals surface area contributed by atoms with Gasteiger partial charge in [-0.3, -0.25) is 4.79 Å². The lowest BCUT2D eigenvalue weighted by molar-refractivity contribution is -0.120. The van der Waals surface area contributed by atoms with Crippen molar-refractivity contribution in [3.63, 3.8) is 0 Å². The van der Waals surface area contributed by atoms with Gasteiger partial charge in [0.2, 0.25) is 15.9 Å². The molecule has 9 heteroatoms. The third kappa shape index (κ3) is 4.80. The van der Waals surface area contributed by atoms with Crippen molar-refractivity contribution in [3.05, 3.63) is 65.8 Å². The van der Waals surface area contributed by atoms with E-state index in [1.807, 2.05) is 11.5 Å². The van der Waals surface area contributed by atoms with Crippen LogP contribution in [0.5, 0.6) is 0 Å². The van der Waals surface area contributed by atoms with Crippen molar-refractivity contribution in [2.45, 2.75) is 38.1 Å². The van der Waals surface area contributed by atoms with E-state index in [0.29, 0.717) is 31.1 Å². The summed E-state index contributed by atoms with van der Waals surface area (Å²) in [6.07, 6.45) is 2.84. The predicted molar refractivity (Wildman–Crippen MR) is 132 cm³/mol. The van der Waals surface area contributed by atoms with E-state index in [1.54, 1.807) is 30.3 Å². The van der Waals surface area contributed by atoms with Gasteiger partial charge in [-0.05, 0) is 44.9 Å². The zero-order valence-electron chi connectivity index (χ0n) is 18.8. The van der Waals surface area contributed by atoms with Gasteiger partial charge in [-0.25, -0.2) is 13.4 Å². The third-order valence-electron chi connectivity index (χ3n) is 6.10. The van der Waals surface area contributed by atoms with Crippen LogP contribution >= 0.6 is 11.3 Å². The highest BCUT2D eigenvalue weighted by Crippen LogP contribution is 2.31. The summed E-state index contributed by atoms with van der Waals surface area (Å²) < 4.78 is 29.2. The average Bonchev–Trinajstić information content (AvgIpc) is 3.39. The van der Waals surface area contributed by atoms with Gasteiger partial charge in [0.25, 0.3) is 0 Å². The summed E-state index contributed by atoms with van der Waals surface area (Å²) in [5.41, 5.74) is 4.13. The SMILES string of the molecule is C=CCn1c(C)cc(-c2csc(NC(=O)C3CCN(S(=O)(=O)c4ccccc4)CC3)n2)c1C. The number of carbonyl (C=O) groups excluding carboxylic acids is 1. The fourth-order valence-corrected chi connectivity index (χ4v) is 6.44. The van der Waals surface area contributed by atoms with Gasteiger partial charge in [-0.15, -0.1) is 17.9 Å². The lowest BCUT2D eigenvalue weighted by Gasteiger charge is -2.30. The molecule has 0 radical (unpaired) electrons. The molecule has 1 fully saturated rings. The minimum absolute atomic E-state index is 0.107. The van der Waals surface area contributed by atoms with Crippen LogP contribution < -0.4 is 5.32 Å². The summed E-state index contributed by atoms with van der Waals surface area (Å²) in [6, 6.07) is 10.5. The molecular weight excluding hydrogens is 456 g/mol. The van der Waals surface area contributed by atoms with Crippen molar-refractivity contribution in [2.24, 2.45) is 5.92 Å². The first kappa shape index (κ1) is 23.4.